The van der Waals surface area contributed by atoms with Crippen LogP contribution in [-0.4, -0.2) is 23.3 Å². The lowest BCUT2D eigenvalue weighted by Gasteiger charge is -2.10. The summed E-state index contributed by atoms with van der Waals surface area (Å²) < 4.78 is 66.3. The van der Waals surface area contributed by atoms with Crippen LogP contribution in [0.1, 0.15) is 26.3 Å². The van der Waals surface area contributed by atoms with E-state index in [2.05, 4.69) is 0 Å². The Kier molecular flexibility index (Phi) is 4.12. The maximum Gasteiger partial charge on any atom is 0.261 e. The maximum atomic E-state index is 13.6. The van der Waals surface area contributed by atoms with Gasteiger partial charge in [-0.1, -0.05) is 24.3 Å². The summed E-state index contributed by atoms with van der Waals surface area (Å²) in [6.07, 6.45) is 1.61. The minimum absolute atomic E-state index is 0.178. The molecule has 0 spiro atoms. The van der Waals surface area contributed by atoms with Crippen molar-refractivity contribution < 1.29 is 31.5 Å². The van der Waals surface area contributed by atoms with Gasteiger partial charge in [0.1, 0.15) is 0 Å². The van der Waals surface area contributed by atoms with E-state index in [-0.39, 0.29) is 17.7 Å². The fraction of sp³-hybridized carbons (Fsp3) is 0.0588. The number of fused-ring (bicyclic) bond motifs is 1. The fourth-order valence-electron chi connectivity index (χ4n) is 2.45. The van der Waals surface area contributed by atoms with E-state index in [4.69, 9.17) is 0 Å². The van der Waals surface area contributed by atoms with Gasteiger partial charge >= 0.3 is 0 Å². The first-order valence-electron chi connectivity index (χ1n) is 6.97. The number of rotatable bonds is 3. The molecule has 25 heavy (non-hydrogen) atoms. The zero-order valence-electron chi connectivity index (χ0n) is 12.3. The minimum atomic E-state index is -2.26. The van der Waals surface area contributed by atoms with E-state index in [1.54, 1.807) is 12.1 Å². The molecule has 2 aromatic rings. The Morgan fingerprint density at radius 1 is 0.760 bits per heavy atom. The summed E-state index contributed by atoms with van der Waals surface area (Å²) in [5, 5.41) is 0. The van der Waals surface area contributed by atoms with Gasteiger partial charge < -0.3 is 0 Å². The number of imide groups is 1. The van der Waals surface area contributed by atoms with Gasteiger partial charge in [-0.3, -0.25) is 14.5 Å². The van der Waals surface area contributed by atoms with Crippen LogP contribution in [-0.2, 0) is 0 Å². The quantitative estimate of drug-likeness (QED) is 0.365. The van der Waals surface area contributed by atoms with Gasteiger partial charge in [-0.25, -0.2) is 22.0 Å². The summed E-state index contributed by atoms with van der Waals surface area (Å²) in [6.45, 7) is -0.383. The molecular weight excluding hydrogens is 345 g/mol. The minimum Gasteiger partial charge on any atom is -0.270 e. The fourth-order valence-corrected chi connectivity index (χ4v) is 2.45. The zero-order chi connectivity index (χ0) is 18.3. The van der Waals surface area contributed by atoms with Gasteiger partial charge in [0.05, 0.1) is 16.7 Å². The number of halogens is 5. The molecular formula is C17H8F5NO2. The Morgan fingerprint density at radius 2 is 1.20 bits per heavy atom. The Labute approximate surface area is 138 Å². The molecule has 0 bridgehead atoms. The van der Waals surface area contributed by atoms with Crippen LogP contribution in [0.3, 0.4) is 0 Å². The summed E-state index contributed by atoms with van der Waals surface area (Å²) in [5.41, 5.74) is -0.790. The van der Waals surface area contributed by atoms with E-state index >= 15 is 0 Å². The van der Waals surface area contributed by atoms with Gasteiger partial charge in [-0.15, -0.1) is 0 Å². The molecule has 2 amide bonds. The van der Waals surface area contributed by atoms with Crippen molar-refractivity contribution in [1.82, 2.24) is 4.90 Å². The molecule has 1 aliphatic heterocycles. The lowest BCUT2D eigenvalue weighted by atomic mass is 10.1. The van der Waals surface area contributed by atoms with Crippen molar-refractivity contribution >= 4 is 17.9 Å². The SMILES string of the molecule is O=C1c2ccccc2C(=O)N1C/C=C/c1c(F)c(F)c(F)c(F)c1F. The zero-order valence-corrected chi connectivity index (χ0v) is 12.3. The smallest absolute Gasteiger partial charge is 0.261 e. The molecule has 2 aromatic carbocycles. The van der Waals surface area contributed by atoms with Gasteiger partial charge in [0, 0.05) is 6.54 Å². The van der Waals surface area contributed by atoms with Crippen LogP contribution in [0, 0.1) is 29.1 Å². The molecule has 1 aliphatic rings. The third-order valence-corrected chi connectivity index (χ3v) is 3.69. The molecule has 3 rings (SSSR count). The van der Waals surface area contributed by atoms with E-state index in [0.717, 1.165) is 11.0 Å². The van der Waals surface area contributed by atoms with Crippen LogP contribution in [0.2, 0.25) is 0 Å². The van der Waals surface area contributed by atoms with Gasteiger partial charge in [0.25, 0.3) is 11.8 Å². The molecule has 0 atom stereocenters. The molecule has 0 aliphatic carbocycles. The van der Waals surface area contributed by atoms with Crippen molar-refractivity contribution in [2.24, 2.45) is 0 Å². The third-order valence-electron chi connectivity index (χ3n) is 3.69. The highest BCUT2D eigenvalue weighted by Crippen LogP contribution is 2.25. The highest BCUT2D eigenvalue weighted by atomic mass is 19.2. The molecule has 0 aromatic heterocycles. The Bertz CT molecular complexity index is 875. The standard InChI is InChI=1S/C17H8F5NO2/c18-11-10(12(19)14(21)15(22)13(11)20)6-3-7-23-16(24)8-4-1-2-5-9(8)17(23)25/h1-6H,7H2/b6-3+. The Hall–Kier alpha value is -3.03. The average molecular weight is 353 g/mol. The van der Waals surface area contributed by atoms with E-state index < -0.39 is 46.5 Å². The predicted octanol–water partition coefficient (Wildman–Crippen LogP) is 3.69. The van der Waals surface area contributed by atoms with Gasteiger partial charge in [-0.2, -0.15) is 0 Å². The van der Waals surface area contributed by atoms with Crippen molar-refractivity contribution in [1.29, 1.82) is 0 Å². The second-order valence-electron chi connectivity index (χ2n) is 5.15. The predicted molar refractivity (Wildman–Crippen MR) is 77.1 cm³/mol. The number of carbonyl (C=O) groups excluding carboxylic acids is 2. The molecule has 0 N–H and O–H groups in total. The molecule has 0 radical (unpaired) electrons. The van der Waals surface area contributed by atoms with E-state index in [1.807, 2.05) is 0 Å². The Balaban J connectivity index is 1.87. The summed E-state index contributed by atoms with van der Waals surface area (Å²) in [5.74, 6) is -11.6. The number of hydrogen-bond acceptors (Lipinski definition) is 2. The topological polar surface area (TPSA) is 37.4 Å². The molecule has 3 nitrogen and oxygen atoms in total. The highest BCUT2D eigenvalue weighted by molar-refractivity contribution is 6.21. The molecule has 0 fully saturated rings. The van der Waals surface area contributed by atoms with E-state index in [9.17, 15) is 31.5 Å². The number of hydrogen-bond donors (Lipinski definition) is 0. The van der Waals surface area contributed by atoms with Gasteiger partial charge in [0.2, 0.25) is 5.82 Å². The first kappa shape index (κ1) is 16.8. The Morgan fingerprint density at radius 3 is 1.68 bits per heavy atom. The lowest BCUT2D eigenvalue weighted by Crippen LogP contribution is -2.29. The molecule has 128 valence electrons. The van der Waals surface area contributed by atoms with Crippen molar-refractivity contribution in [3.63, 3.8) is 0 Å². The maximum absolute atomic E-state index is 13.6. The normalized spacial score (nSPS) is 13.9. The summed E-state index contributed by atoms with van der Waals surface area (Å²) in [4.78, 5) is 25.0. The van der Waals surface area contributed by atoms with Crippen molar-refractivity contribution in [3.8, 4) is 0 Å². The summed E-state index contributed by atoms with van der Waals surface area (Å²) in [7, 11) is 0. The molecule has 0 unspecified atom stereocenters. The van der Waals surface area contributed by atoms with Crippen molar-refractivity contribution in [3.05, 3.63) is 76.1 Å². The molecule has 0 saturated carbocycles. The largest absolute Gasteiger partial charge is 0.270 e. The second-order valence-corrected chi connectivity index (χ2v) is 5.15. The number of carbonyl (C=O) groups is 2. The van der Waals surface area contributed by atoms with Crippen LogP contribution in [0.4, 0.5) is 22.0 Å². The van der Waals surface area contributed by atoms with Crippen molar-refractivity contribution in [2.45, 2.75) is 0 Å². The summed E-state index contributed by atoms with van der Waals surface area (Å²) >= 11 is 0. The van der Waals surface area contributed by atoms with E-state index in [0.29, 0.717) is 6.08 Å². The average Bonchev–Trinajstić information content (AvgIpc) is 2.86. The highest BCUT2D eigenvalue weighted by Gasteiger charge is 2.34. The second kappa shape index (κ2) is 6.12. The number of amides is 2. The monoisotopic (exact) mass is 353 g/mol. The van der Waals surface area contributed by atoms with Crippen molar-refractivity contribution in [2.75, 3.05) is 6.54 Å². The first-order chi connectivity index (χ1) is 11.8. The molecule has 8 heteroatoms. The van der Waals surface area contributed by atoms with Gasteiger partial charge in [-0.05, 0) is 12.1 Å². The van der Waals surface area contributed by atoms with Gasteiger partial charge in [0.15, 0.2) is 23.3 Å². The van der Waals surface area contributed by atoms with Crippen LogP contribution >= 0.6 is 0 Å². The molecule has 0 saturated heterocycles. The summed E-state index contributed by atoms with van der Waals surface area (Å²) in [6, 6.07) is 6.03. The number of nitrogens with zero attached hydrogens (tertiary/aromatic N) is 1. The van der Waals surface area contributed by atoms with Crippen LogP contribution in [0.15, 0.2) is 30.3 Å². The lowest BCUT2D eigenvalue weighted by molar-refractivity contribution is 0.0672. The van der Waals surface area contributed by atoms with Crippen LogP contribution in [0.25, 0.3) is 6.08 Å². The molecule has 1 heterocycles. The van der Waals surface area contributed by atoms with E-state index in [1.165, 1.54) is 12.1 Å². The number of benzene rings is 2. The third kappa shape index (κ3) is 2.59. The van der Waals surface area contributed by atoms with Crippen LogP contribution in [0.5, 0.6) is 0 Å². The van der Waals surface area contributed by atoms with Crippen LogP contribution < -0.4 is 0 Å². The first-order valence-corrected chi connectivity index (χ1v) is 6.97.